The summed E-state index contributed by atoms with van der Waals surface area (Å²) in [5.41, 5.74) is 5.71. The van der Waals surface area contributed by atoms with Gasteiger partial charge in [-0.1, -0.05) is 37.2 Å². The van der Waals surface area contributed by atoms with Gasteiger partial charge in [0.1, 0.15) is 17.8 Å². The van der Waals surface area contributed by atoms with Gasteiger partial charge in [-0.25, -0.2) is 0 Å². The number of nitrogens with one attached hydrogen (secondary N) is 1. The molecule has 0 aliphatic carbocycles. The van der Waals surface area contributed by atoms with E-state index in [0.29, 0.717) is 19.4 Å². The van der Waals surface area contributed by atoms with Gasteiger partial charge in [-0.2, -0.15) is 0 Å². The fourth-order valence-electron chi connectivity index (χ4n) is 2.72. The largest absolute Gasteiger partial charge is 0.491 e. The number of hydrogen-bond donors (Lipinski definition) is 3. The molecule has 0 radical (unpaired) electrons. The molecule has 6 heteroatoms. The van der Waals surface area contributed by atoms with Crippen LogP contribution in [0.1, 0.15) is 38.3 Å². The Hall–Kier alpha value is -2.24. The Balaban J connectivity index is 2.21. The number of para-hydroxylation sites is 1. The molecule has 0 saturated heterocycles. The number of ether oxygens (including phenoxy) is 1. The molecule has 1 heterocycles. The van der Waals surface area contributed by atoms with Crippen LogP contribution in [0, 0.1) is 5.41 Å². The summed E-state index contributed by atoms with van der Waals surface area (Å²) in [4.78, 5) is 12.7. The number of fused-ring (bicyclic) bond motifs is 1. The second-order valence-electron chi connectivity index (χ2n) is 5.15. The minimum absolute atomic E-state index is 0.0581. The summed E-state index contributed by atoms with van der Waals surface area (Å²) in [5, 5.41) is 15.0. The number of benzene rings is 1. The van der Waals surface area contributed by atoms with Crippen LogP contribution in [0.15, 0.2) is 29.4 Å². The van der Waals surface area contributed by atoms with Crippen molar-refractivity contribution in [3.63, 3.8) is 0 Å². The highest BCUT2D eigenvalue weighted by Crippen LogP contribution is 2.34. The van der Waals surface area contributed by atoms with Crippen molar-refractivity contribution in [2.45, 2.75) is 32.7 Å². The van der Waals surface area contributed by atoms with Gasteiger partial charge in [0, 0.05) is 5.56 Å². The molecule has 0 saturated carbocycles. The molecule has 0 spiro atoms. The van der Waals surface area contributed by atoms with Gasteiger partial charge in [0.15, 0.2) is 5.84 Å². The predicted molar refractivity (Wildman–Crippen MR) is 79.2 cm³/mol. The van der Waals surface area contributed by atoms with Crippen molar-refractivity contribution < 1.29 is 14.7 Å². The van der Waals surface area contributed by atoms with Crippen molar-refractivity contribution in [1.29, 1.82) is 0 Å². The van der Waals surface area contributed by atoms with Gasteiger partial charge >= 0.3 is 0 Å². The molecule has 4 N–H and O–H groups in total. The van der Waals surface area contributed by atoms with Gasteiger partial charge in [0.25, 0.3) is 0 Å². The predicted octanol–water partition coefficient (Wildman–Crippen LogP) is 1.79. The lowest BCUT2D eigenvalue weighted by Gasteiger charge is -2.30. The molecule has 1 unspecified atom stereocenters. The molecule has 2 rings (SSSR count). The maximum atomic E-state index is 12.7. The summed E-state index contributed by atoms with van der Waals surface area (Å²) in [6, 6.07) is 7.39. The van der Waals surface area contributed by atoms with Crippen molar-refractivity contribution in [3.8, 4) is 5.75 Å². The van der Waals surface area contributed by atoms with Crippen LogP contribution in [0.3, 0.4) is 0 Å². The third kappa shape index (κ3) is 2.53. The summed E-state index contributed by atoms with van der Waals surface area (Å²) in [5.74, 6) is 0.482. The standard InChI is InChI=1S/C15H21N3O3/c1-3-15(4-2,13(16)18-20)14(19)17-11-9-21-12-8-6-5-7-10(11)12/h5-8,11,20H,3-4,9H2,1-2H3,(H2,16,18)(H,17,19). The topological polar surface area (TPSA) is 96.9 Å². The van der Waals surface area contributed by atoms with Crippen LogP contribution in [0.5, 0.6) is 5.75 Å². The molecule has 1 aliphatic heterocycles. The SMILES string of the molecule is CCC(CC)(C(=O)NC1COc2ccccc21)C(N)=NO. The minimum Gasteiger partial charge on any atom is -0.491 e. The van der Waals surface area contributed by atoms with Crippen LogP contribution in [-0.2, 0) is 4.79 Å². The fourth-order valence-corrected chi connectivity index (χ4v) is 2.72. The molecule has 1 aromatic rings. The van der Waals surface area contributed by atoms with E-state index >= 15 is 0 Å². The molecule has 114 valence electrons. The Morgan fingerprint density at radius 1 is 1.48 bits per heavy atom. The smallest absolute Gasteiger partial charge is 0.234 e. The maximum absolute atomic E-state index is 12.7. The molecule has 0 fully saturated rings. The van der Waals surface area contributed by atoms with Crippen molar-refractivity contribution in [2.24, 2.45) is 16.3 Å². The number of carbonyl (C=O) groups is 1. The van der Waals surface area contributed by atoms with Crippen LogP contribution < -0.4 is 15.8 Å². The van der Waals surface area contributed by atoms with Crippen LogP contribution in [0.4, 0.5) is 0 Å². The summed E-state index contributed by atoms with van der Waals surface area (Å²) >= 11 is 0. The molecule has 6 nitrogen and oxygen atoms in total. The number of oxime groups is 1. The van der Waals surface area contributed by atoms with Crippen LogP contribution >= 0.6 is 0 Å². The van der Waals surface area contributed by atoms with Gasteiger partial charge in [-0.3, -0.25) is 4.79 Å². The van der Waals surface area contributed by atoms with E-state index < -0.39 is 5.41 Å². The molecular formula is C15H21N3O3. The monoisotopic (exact) mass is 291 g/mol. The van der Waals surface area contributed by atoms with Crippen LogP contribution in [0.2, 0.25) is 0 Å². The molecular weight excluding hydrogens is 270 g/mol. The molecule has 1 amide bonds. The first-order chi connectivity index (χ1) is 10.1. The zero-order valence-electron chi connectivity index (χ0n) is 12.3. The van der Waals surface area contributed by atoms with Crippen molar-refractivity contribution in [2.75, 3.05) is 6.61 Å². The number of nitrogens with zero attached hydrogens (tertiary/aromatic N) is 1. The van der Waals surface area contributed by atoms with Gasteiger partial charge < -0.3 is 21.0 Å². The Bertz CT molecular complexity index is 553. The lowest BCUT2D eigenvalue weighted by molar-refractivity contribution is -0.128. The van der Waals surface area contributed by atoms with Gasteiger partial charge in [0.2, 0.25) is 5.91 Å². The van der Waals surface area contributed by atoms with Gasteiger partial charge in [-0.15, -0.1) is 0 Å². The van der Waals surface area contributed by atoms with E-state index in [9.17, 15) is 4.79 Å². The number of amidine groups is 1. The zero-order chi connectivity index (χ0) is 15.5. The third-order valence-electron chi connectivity index (χ3n) is 4.25. The molecule has 1 aromatic carbocycles. The highest BCUT2D eigenvalue weighted by Gasteiger charge is 2.41. The number of carbonyl (C=O) groups excluding carboxylic acids is 1. The number of nitrogens with two attached hydrogens (primary N) is 1. The van der Waals surface area contributed by atoms with Gasteiger partial charge in [0.05, 0.1) is 6.04 Å². The van der Waals surface area contributed by atoms with E-state index in [1.54, 1.807) is 0 Å². The van der Waals surface area contributed by atoms with Crippen molar-refractivity contribution in [1.82, 2.24) is 5.32 Å². The quantitative estimate of drug-likeness (QED) is 0.333. The van der Waals surface area contributed by atoms with Crippen molar-refractivity contribution in [3.05, 3.63) is 29.8 Å². The Morgan fingerprint density at radius 3 is 2.76 bits per heavy atom. The lowest BCUT2D eigenvalue weighted by Crippen LogP contribution is -2.50. The van der Waals surface area contributed by atoms with E-state index in [0.717, 1.165) is 11.3 Å². The zero-order valence-corrected chi connectivity index (χ0v) is 12.3. The molecule has 1 aliphatic rings. The second kappa shape index (κ2) is 6.03. The normalized spacial score (nSPS) is 18.0. The summed E-state index contributed by atoms with van der Waals surface area (Å²) in [7, 11) is 0. The summed E-state index contributed by atoms with van der Waals surface area (Å²) < 4.78 is 5.55. The lowest BCUT2D eigenvalue weighted by atomic mass is 9.80. The first-order valence-electron chi connectivity index (χ1n) is 7.09. The summed E-state index contributed by atoms with van der Waals surface area (Å²) in [6.07, 6.45) is 0.918. The maximum Gasteiger partial charge on any atom is 0.234 e. The molecule has 21 heavy (non-hydrogen) atoms. The first kappa shape index (κ1) is 15.2. The van der Waals surface area contributed by atoms with E-state index in [4.69, 9.17) is 15.7 Å². The van der Waals surface area contributed by atoms with Crippen molar-refractivity contribution >= 4 is 11.7 Å². The Kier molecular flexibility index (Phi) is 4.35. The van der Waals surface area contributed by atoms with Gasteiger partial charge in [-0.05, 0) is 18.9 Å². The second-order valence-corrected chi connectivity index (χ2v) is 5.15. The van der Waals surface area contributed by atoms with E-state index in [-0.39, 0.29) is 17.8 Å². The molecule has 0 bridgehead atoms. The number of rotatable bonds is 5. The molecule has 1 atom stereocenters. The fraction of sp³-hybridized carbons (Fsp3) is 0.467. The van der Waals surface area contributed by atoms with E-state index in [2.05, 4.69) is 10.5 Å². The highest BCUT2D eigenvalue weighted by molar-refractivity contribution is 6.06. The highest BCUT2D eigenvalue weighted by atomic mass is 16.5. The Labute approximate surface area is 124 Å². The Morgan fingerprint density at radius 2 is 2.14 bits per heavy atom. The first-order valence-corrected chi connectivity index (χ1v) is 7.09. The third-order valence-corrected chi connectivity index (χ3v) is 4.25. The average molecular weight is 291 g/mol. The van der Waals surface area contributed by atoms with Crippen LogP contribution in [0.25, 0.3) is 0 Å². The molecule has 0 aromatic heterocycles. The van der Waals surface area contributed by atoms with E-state index in [1.807, 2.05) is 38.1 Å². The van der Waals surface area contributed by atoms with Crippen LogP contribution in [-0.4, -0.2) is 23.6 Å². The number of hydrogen-bond acceptors (Lipinski definition) is 4. The summed E-state index contributed by atoms with van der Waals surface area (Å²) in [6.45, 7) is 4.09. The minimum atomic E-state index is -0.994. The number of amides is 1. The average Bonchev–Trinajstić information content (AvgIpc) is 2.92. The van der Waals surface area contributed by atoms with E-state index in [1.165, 1.54) is 0 Å².